The van der Waals surface area contributed by atoms with Crippen LogP contribution in [-0.4, -0.2) is 4.57 Å². The Morgan fingerprint density at radius 2 is 2.05 bits per heavy atom. The van der Waals surface area contributed by atoms with Crippen molar-refractivity contribution in [1.82, 2.24) is 4.57 Å². The van der Waals surface area contributed by atoms with E-state index in [1.54, 1.807) is 4.57 Å². The van der Waals surface area contributed by atoms with Crippen molar-refractivity contribution in [2.75, 3.05) is 0 Å². The van der Waals surface area contributed by atoms with E-state index in [0.717, 1.165) is 30.3 Å². The number of hydrogen-bond donors (Lipinski definition) is 0. The standard InChI is InChI=1S/C16H22ClNO2/c1-3-5-6-7-13(17)12-8-9-14-15(11-12)20-16(19)18(14)10-4-2/h8-9,11,13H,3-7,10H2,1-2H3. The quantitative estimate of drug-likeness (QED) is 0.540. The van der Waals surface area contributed by atoms with Crippen molar-refractivity contribution >= 4 is 22.7 Å². The third kappa shape index (κ3) is 3.26. The molecule has 0 aliphatic rings. The first-order chi connectivity index (χ1) is 9.67. The van der Waals surface area contributed by atoms with Crippen molar-refractivity contribution in [1.29, 1.82) is 0 Å². The normalized spacial score (nSPS) is 12.9. The van der Waals surface area contributed by atoms with Gasteiger partial charge in [0.25, 0.3) is 0 Å². The van der Waals surface area contributed by atoms with Crippen molar-refractivity contribution in [2.45, 2.75) is 57.9 Å². The highest BCUT2D eigenvalue weighted by atomic mass is 35.5. The zero-order valence-corrected chi connectivity index (χ0v) is 12.9. The van der Waals surface area contributed by atoms with Crippen molar-refractivity contribution in [2.24, 2.45) is 0 Å². The van der Waals surface area contributed by atoms with E-state index >= 15 is 0 Å². The van der Waals surface area contributed by atoms with Crippen LogP contribution in [0.3, 0.4) is 0 Å². The fourth-order valence-corrected chi connectivity index (χ4v) is 2.74. The maximum Gasteiger partial charge on any atom is 0.419 e. The fourth-order valence-electron chi connectivity index (χ4n) is 2.45. The maximum absolute atomic E-state index is 11.8. The van der Waals surface area contributed by atoms with Gasteiger partial charge in [0.1, 0.15) is 0 Å². The van der Waals surface area contributed by atoms with E-state index in [1.165, 1.54) is 12.8 Å². The number of aryl methyl sites for hydroxylation is 1. The van der Waals surface area contributed by atoms with Crippen molar-refractivity contribution in [3.63, 3.8) is 0 Å². The van der Waals surface area contributed by atoms with Crippen LogP contribution in [0, 0.1) is 0 Å². The number of benzene rings is 1. The van der Waals surface area contributed by atoms with Crippen LogP contribution >= 0.6 is 11.6 Å². The van der Waals surface area contributed by atoms with Gasteiger partial charge in [-0.25, -0.2) is 4.79 Å². The van der Waals surface area contributed by atoms with E-state index in [0.29, 0.717) is 12.1 Å². The second-order valence-corrected chi connectivity index (χ2v) is 5.74. The number of aromatic nitrogens is 1. The van der Waals surface area contributed by atoms with E-state index in [-0.39, 0.29) is 11.1 Å². The van der Waals surface area contributed by atoms with Gasteiger partial charge in [-0.05, 0) is 30.5 Å². The summed E-state index contributed by atoms with van der Waals surface area (Å²) in [5, 5.41) is -0.00854. The lowest BCUT2D eigenvalue weighted by Crippen LogP contribution is -2.13. The summed E-state index contributed by atoms with van der Waals surface area (Å²) in [6.45, 7) is 4.91. The van der Waals surface area contributed by atoms with Gasteiger partial charge in [-0.2, -0.15) is 0 Å². The summed E-state index contributed by atoms with van der Waals surface area (Å²) in [6, 6.07) is 5.86. The molecule has 1 heterocycles. The van der Waals surface area contributed by atoms with Crippen LogP contribution in [0.1, 0.15) is 56.9 Å². The molecular weight excluding hydrogens is 274 g/mol. The Hall–Kier alpha value is -1.22. The smallest absolute Gasteiger partial charge is 0.408 e. The topological polar surface area (TPSA) is 35.1 Å². The van der Waals surface area contributed by atoms with Gasteiger partial charge in [0, 0.05) is 6.54 Å². The molecule has 4 heteroatoms. The van der Waals surface area contributed by atoms with Crippen LogP contribution < -0.4 is 5.76 Å². The Morgan fingerprint density at radius 1 is 1.25 bits per heavy atom. The van der Waals surface area contributed by atoms with Crippen LogP contribution in [0.15, 0.2) is 27.4 Å². The molecule has 2 rings (SSSR count). The van der Waals surface area contributed by atoms with Crippen molar-refractivity contribution in [3.05, 3.63) is 34.3 Å². The zero-order valence-electron chi connectivity index (χ0n) is 12.2. The Morgan fingerprint density at radius 3 is 2.75 bits per heavy atom. The predicted molar refractivity (Wildman–Crippen MR) is 83.5 cm³/mol. The highest BCUT2D eigenvalue weighted by Crippen LogP contribution is 2.29. The second-order valence-electron chi connectivity index (χ2n) is 5.21. The zero-order chi connectivity index (χ0) is 14.5. The van der Waals surface area contributed by atoms with Gasteiger partial charge >= 0.3 is 5.76 Å². The Kier molecular flexibility index (Phi) is 5.30. The molecule has 0 fully saturated rings. The first-order valence-corrected chi connectivity index (χ1v) is 7.88. The number of nitrogens with zero attached hydrogens (tertiary/aromatic N) is 1. The maximum atomic E-state index is 11.8. The van der Waals surface area contributed by atoms with Gasteiger partial charge in [0.2, 0.25) is 0 Å². The number of rotatable bonds is 7. The Labute approximate surface area is 124 Å². The minimum atomic E-state index is -0.281. The lowest BCUT2D eigenvalue weighted by molar-refractivity contribution is 0.502. The minimum absolute atomic E-state index is 0.00854. The molecule has 0 bridgehead atoms. The van der Waals surface area contributed by atoms with Crippen LogP contribution in [0.2, 0.25) is 0 Å². The molecule has 0 aliphatic carbocycles. The summed E-state index contributed by atoms with van der Waals surface area (Å²) in [5.74, 6) is -0.281. The molecule has 110 valence electrons. The number of unbranched alkanes of at least 4 members (excludes halogenated alkanes) is 2. The van der Waals surface area contributed by atoms with E-state index < -0.39 is 0 Å². The van der Waals surface area contributed by atoms with Gasteiger partial charge in [-0.1, -0.05) is 39.2 Å². The summed E-state index contributed by atoms with van der Waals surface area (Å²) in [7, 11) is 0. The molecule has 1 aromatic heterocycles. The van der Waals surface area contributed by atoms with Gasteiger partial charge in [0.05, 0.1) is 10.9 Å². The van der Waals surface area contributed by atoms with E-state index in [9.17, 15) is 4.79 Å². The summed E-state index contributed by atoms with van der Waals surface area (Å²) in [5.41, 5.74) is 2.53. The molecule has 0 spiro atoms. The molecule has 1 atom stereocenters. The second kappa shape index (κ2) is 6.98. The van der Waals surface area contributed by atoms with Crippen LogP contribution in [0.25, 0.3) is 11.1 Å². The molecule has 2 aromatic rings. The van der Waals surface area contributed by atoms with E-state index in [1.807, 2.05) is 25.1 Å². The third-order valence-corrected chi connectivity index (χ3v) is 4.03. The minimum Gasteiger partial charge on any atom is -0.408 e. The molecule has 0 N–H and O–H groups in total. The molecule has 0 radical (unpaired) electrons. The summed E-state index contributed by atoms with van der Waals surface area (Å²) in [4.78, 5) is 11.8. The number of alkyl halides is 1. The molecular formula is C16H22ClNO2. The first kappa shape index (κ1) is 15.2. The lowest BCUT2D eigenvalue weighted by Gasteiger charge is -2.09. The predicted octanol–water partition coefficient (Wildman–Crippen LogP) is 4.86. The first-order valence-electron chi connectivity index (χ1n) is 7.44. The monoisotopic (exact) mass is 295 g/mol. The number of halogens is 1. The lowest BCUT2D eigenvalue weighted by atomic mass is 10.1. The molecule has 1 unspecified atom stereocenters. The van der Waals surface area contributed by atoms with Gasteiger partial charge < -0.3 is 4.42 Å². The largest absolute Gasteiger partial charge is 0.419 e. The van der Waals surface area contributed by atoms with Crippen molar-refractivity contribution in [3.8, 4) is 0 Å². The molecule has 20 heavy (non-hydrogen) atoms. The molecule has 0 saturated carbocycles. The highest BCUT2D eigenvalue weighted by molar-refractivity contribution is 6.20. The van der Waals surface area contributed by atoms with Crippen LogP contribution in [-0.2, 0) is 6.54 Å². The Balaban J connectivity index is 2.23. The van der Waals surface area contributed by atoms with Crippen LogP contribution in [0.5, 0.6) is 0 Å². The number of hydrogen-bond acceptors (Lipinski definition) is 2. The number of oxazole rings is 1. The van der Waals surface area contributed by atoms with Crippen molar-refractivity contribution < 1.29 is 4.42 Å². The summed E-state index contributed by atoms with van der Waals surface area (Å²) >= 11 is 6.42. The summed E-state index contributed by atoms with van der Waals surface area (Å²) in [6.07, 6.45) is 5.39. The van der Waals surface area contributed by atoms with Gasteiger partial charge in [-0.3, -0.25) is 4.57 Å². The average Bonchev–Trinajstić information content (AvgIpc) is 2.75. The molecule has 0 saturated heterocycles. The highest BCUT2D eigenvalue weighted by Gasteiger charge is 2.13. The summed E-state index contributed by atoms with van der Waals surface area (Å²) < 4.78 is 7.00. The molecule has 1 aromatic carbocycles. The molecule has 3 nitrogen and oxygen atoms in total. The molecule has 0 aliphatic heterocycles. The van der Waals surface area contributed by atoms with Gasteiger partial charge in [0.15, 0.2) is 5.58 Å². The SMILES string of the molecule is CCCCCC(Cl)c1ccc2c(c1)oc(=O)n2CCC. The fraction of sp³-hybridized carbons (Fsp3) is 0.562. The van der Waals surface area contributed by atoms with E-state index in [2.05, 4.69) is 6.92 Å². The Bertz CT molecular complexity index is 614. The van der Waals surface area contributed by atoms with Gasteiger partial charge in [-0.15, -0.1) is 11.6 Å². The average molecular weight is 296 g/mol. The third-order valence-electron chi connectivity index (χ3n) is 3.56. The number of fused-ring (bicyclic) bond motifs is 1. The van der Waals surface area contributed by atoms with E-state index in [4.69, 9.17) is 16.0 Å². The molecule has 0 amide bonds. The van der Waals surface area contributed by atoms with Crippen LogP contribution in [0.4, 0.5) is 0 Å².